The molecule has 1 saturated heterocycles. The zero-order chi connectivity index (χ0) is 27.9. The van der Waals surface area contributed by atoms with Crippen molar-refractivity contribution in [2.75, 3.05) is 23.7 Å². The summed E-state index contributed by atoms with van der Waals surface area (Å²) in [7, 11) is 0. The molecule has 2 heterocycles. The van der Waals surface area contributed by atoms with Crippen LogP contribution in [0, 0.1) is 0 Å². The van der Waals surface area contributed by atoms with Crippen LogP contribution in [0.25, 0.3) is 5.57 Å². The fraction of sp³-hybridized carbons (Fsp3) is 0.370. The molecule has 8 nitrogen and oxygen atoms in total. The van der Waals surface area contributed by atoms with Crippen LogP contribution in [-0.4, -0.2) is 47.1 Å². The number of alkyl halides is 3. The van der Waals surface area contributed by atoms with Crippen molar-refractivity contribution in [1.82, 2.24) is 4.90 Å². The molecule has 38 heavy (non-hydrogen) atoms. The van der Waals surface area contributed by atoms with Gasteiger partial charge >= 0.3 is 12.1 Å². The molecule has 0 radical (unpaired) electrons. The quantitative estimate of drug-likeness (QED) is 0.373. The van der Waals surface area contributed by atoms with Crippen LogP contribution in [-0.2, 0) is 16.1 Å². The molecule has 0 bridgehead atoms. The molecular weight excluding hydrogens is 501 g/mol. The Morgan fingerprint density at radius 2 is 1.71 bits per heavy atom. The number of nitrogens with two attached hydrogens (primary N) is 1. The maximum absolute atomic E-state index is 12.8. The Labute approximate surface area is 218 Å². The first-order valence-electron chi connectivity index (χ1n) is 12.4. The molecule has 2 aliphatic rings. The van der Waals surface area contributed by atoms with E-state index in [4.69, 9.17) is 15.6 Å². The number of hydrogen-bond acceptors (Lipinski definition) is 5. The number of nitrogens with one attached hydrogen (secondary N) is 2. The third kappa shape index (κ3) is 7.58. The number of carboxylic acids is 1. The van der Waals surface area contributed by atoms with Crippen molar-refractivity contribution in [3.63, 3.8) is 0 Å². The lowest BCUT2D eigenvalue weighted by atomic mass is 10.0. The number of amides is 2. The van der Waals surface area contributed by atoms with Gasteiger partial charge in [0.15, 0.2) is 0 Å². The van der Waals surface area contributed by atoms with Gasteiger partial charge in [0.05, 0.1) is 5.57 Å². The third-order valence-corrected chi connectivity index (χ3v) is 6.20. The average molecular weight is 533 g/mol. The van der Waals surface area contributed by atoms with E-state index < -0.39 is 18.1 Å². The van der Waals surface area contributed by atoms with E-state index in [-0.39, 0.29) is 5.91 Å². The van der Waals surface area contributed by atoms with E-state index in [1.54, 1.807) is 18.2 Å². The van der Waals surface area contributed by atoms with Crippen LogP contribution in [0.4, 0.5) is 24.5 Å². The standard InChI is InChI=1S/C25H30N4O2.C2HF3O2/c1-2-6-21(23-20-12-9-18(24(26)30)15-22(20)28-25(23)31)27-19-10-7-17(8-11-19)16-29-13-4-3-5-14-29;3-2(4,5)1(6)7/h7-12,15,27H,2-6,13-14,16H2,1H3,(H2,26,30)(H,28,31);(H,6,7). The highest BCUT2D eigenvalue weighted by Gasteiger charge is 2.38. The molecule has 0 saturated carbocycles. The summed E-state index contributed by atoms with van der Waals surface area (Å²) < 4.78 is 31.7. The molecule has 0 aliphatic carbocycles. The number of anilines is 2. The second kappa shape index (κ2) is 12.6. The van der Waals surface area contributed by atoms with Crippen LogP contribution >= 0.6 is 0 Å². The summed E-state index contributed by atoms with van der Waals surface area (Å²) in [6, 6.07) is 13.6. The van der Waals surface area contributed by atoms with Crippen molar-refractivity contribution in [3.8, 4) is 0 Å². The summed E-state index contributed by atoms with van der Waals surface area (Å²) in [5.41, 5.74) is 11.0. The van der Waals surface area contributed by atoms with Crippen molar-refractivity contribution in [3.05, 3.63) is 64.9 Å². The molecule has 1 fully saturated rings. The van der Waals surface area contributed by atoms with E-state index in [1.165, 1.54) is 37.9 Å². The average Bonchev–Trinajstić information content (AvgIpc) is 3.20. The van der Waals surface area contributed by atoms with Crippen molar-refractivity contribution >= 4 is 34.7 Å². The maximum atomic E-state index is 12.8. The topological polar surface area (TPSA) is 125 Å². The molecule has 4 rings (SSSR count). The SMILES string of the molecule is CCCC(Nc1ccc(CN2CCCCC2)cc1)=C1C(=O)Nc2cc(C(N)=O)ccc21.O=C(O)C(F)(F)F. The zero-order valence-corrected chi connectivity index (χ0v) is 21.0. The molecule has 2 aromatic carbocycles. The number of halogens is 3. The fourth-order valence-corrected chi connectivity index (χ4v) is 4.37. The first kappa shape index (κ1) is 28.7. The number of hydrogen-bond donors (Lipinski definition) is 4. The monoisotopic (exact) mass is 532 g/mol. The van der Waals surface area contributed by atoms with E-state index in [0.29, 0.717) is 16.8 Å². The van der Waals surface area contributed by atoms with Gasteiger partial charge in [-0.1, -0.05) is 38.0 Å². The van der Waals surface area contributed by atoms with Gasteiger partial charge in [-0.15, -0.1) is 0 Å². The second-order valence-corrected chi connectivity index (χ2v) is 9.14. The van der Waals surface area contributed by atoms with Gasteiger partial charge in [-0.3, -0.25) is 14.5 Å². The van der Waals surface area contributed by atoms with Gasteiger partial charge in [0.2, 0.25) is 5.91 Å². The number of piperidine rings is 1. The predicted octanol–water partition coefficient (Wildman–Crippen LogP) is 4.98. The Bertz CT molecular complexity index is 1200. The lowest BCUT2D eigenvalue weighted by molar-refractivity contribution is -0.192. The molecule has 5 N–H and O–H groups in total. The molecule has 0 unspecified atom stereocenters. The molecule has 2 amide bonds. The van der Waals surface area contributed by atoms with Crippen LogP contribution < -0.4 is 16.4 Å². The van der Waals surface area contributed by atoms with Crippen LogP contribution in [0.15, 0.2) is 48.2 Å². The number of carbonyl (C=O) groups is 3. The normalized spacial score (nSPS) is 16.6. The fourth-order valence-electron chi connectivity index (χ4n) is 4.37. The Morgan fingerprint density at radius 1 is 1.08 bits per heavy atom. The van der Waals surface area contributed by atoms with Gasteiger partial charge in [0.25, 0.3) is 5.91 Å². The molecule has 2 aliphatic heterocycles. The number of likely N-dealkylation sites (tertiary alicyclic amines) is 1. The van der Waals surface area contributed by atoms with E-state index in [9.17, 15) is 22.8 Å². The van der Waals surface area contributed by atoms with Crippen LogP contribution in [0.5, 0.6) is 0 Å². The van der Waals surface area contributed by atoms with E-state index in [0.717, 1.165) is 36.3 Å². The lowest BCUT2D eigenvalue weighted by Crippen LogP contribution is -2.29. The number of nitrogens with zero attached hydrogens (tertiary/aromatic N) is 1. The molecule has 0 atom stereocenters. The number of fused-ring (bicyclic) bond motifs is 1. The number of allylic oxidation sites excluding steroid dienone is 1. The number of primary amides is 1. The van der Waals surface area contributed by atoms with Crippen molar-refractivity contribution in [1.29, 1.82) is 0 Å². The highest BCUT2D eigenvalue weighted by Crippen LogP contribution is 2.36. The van der Waals surface area contributed by atoms with Crippen molar-refractivity contribution in [2.45, 2.75) is 51.7 Å². The summed E-state index contributed by atoms with van der Waals surface area (Å²) in [6.45, 7) is 5.44. The summed E-state index contributed by atoms with van der Waals surface area (Å²) in [4.78, 5) is 35.6. The Balaban J connectivity index is 0.000000505. The third-order valence-electron chi connectivity index (χ3n) is 6.20. The Morgan fingerprint density at radius 3 is 2.26 bits per heavy atom. The van der Waals surface area contributed by atoms with Gasteiger partial charge in [-0.05, 0) is 62.2 Å². The van der Waals surface area contributed by atoms with Crippen molar-refractivity contribution in [2.24, 2.45) is 5.73 Å². The van der Waals surface area contributed by atoms with Gasteiger partial charge in [0, 0.05) is 34.7 Å². The number of benzene rings is 2. The van der Waals surface area contributed by atoms with Crippen molar-refractivity contribution < 1.29 is 32.7 Å². The first-order chi connectivity index (χ1) is 18.0. The highest BCUT2D eigenvalue weighted by molar-refractivity contribution is 6.32. The minimum absolute atomic E-state index is 0.158. The number of rotatable bonds is 7. The Kier molecular flexibility index (Phi) is 9.51. The lowest BCUT2D eigenvalue weighted by Gasteiger charge is -2.26. The van der Waals surface area contributed by atoms with Crippen LogP contribution in [0.1, 0.15) is 60.5 Å². The molecule has 0 aromatic heterocycles. The minimum atomic E-state index is -5.08. The van der Waals surface area contributed by atoms with Gasteiger partial charge in [-0.2, -0.15) is 13.2 Å². The molecular formula is C27H31F3N4O4. The van der Waals surface area contributed by atoms with E-state index in [2.05, 4.69) is 46.7 Å². The van der Waals surface area contributed by atoms with Crippen LogP contribution in [0.3, 0.4) is 0 Å². The number of aliphatic carboxylic acids is 1. The molecule has 11 heteroatoms. The molecule has 2 aromatic rings. The zero-order valence-electron chi connectivity index (χ0n) is 21.0. The smallest absolute Gasteiger partial charge is 0.475 e. The summed E-state index contributed by atoms with van der Waals surface area (Å²) in [6.07, 6.45) is 0.487. The van der Waals surface area contributed by atoms with Gasteiger partial charge in [0.1, 0.15) is 0 Å². The van der Waals surface area contributed by atoms with Gasteiger partial charge < -0.3 is 21.5 Å². The molecule has 204 valence electrons. The summed E-state index contributed by atoms with van der Waals surface area (Å²) in [5, 5.41) is 13.5. The van der Waals surface area contributed by atoms with Gasteiger partial charge in [-0.25, -0.2) is 4.79 Å². The number of carboxylic acid groups (broad SMARTS) is 1. The Hall–Kier alpha value is -3.86. The number of carbonyl (C=O) groups excluding carboxylic acids is 2. The second-order valence-electron chi connectivity index (χ2n) is 9.14. The summed E-state index contributed by atoms with van der Waals surface area (Å²) in [5.74, 6) is -3.42. The summed E-state index contributed by atoms with van der Waals surface area (Å²) >= 11 is 0. The largest absolute Gasteiger partial charge is 0.490 e. The minimum Gasteiger partial charge on any atom is -0.475 e. The van der Waals surface area contributed by atoms with E-state index >= 15 is 0 Å². The predicted molar refractivity (Wildman–Crippen MR) is 138 cm³/mol. The first-order valence-corrected chi connectivity index (χ1v) is 12.4. The van der Waals surface area contributed by atoms with Crippen LogP contribution in [0.2, 0.25) is 0 Å². The highest BCUT2D eigenvalue weighted by atomic mass is 19.4. The van der Waals surface area contributed by atoms with E-state index in [1.807, 2.05) is 0 Å². The molecule has 0 spiro atoms. The maximum Gasteiger partial charge on any atom is 0.490 e.